The van der Waals surface area contributed by atoms with E-state index in [1.165, 1.54) is 20.4 Å². The highest BCUT2D eigenvalue weighted by molar-refractivity contribution is 5.94. The SMILES string of the molecule is C/C=C/c1ccc(C=O)c(OCC(=O)OC)c1/C=N/OC. The molecule has 0 N–H and O–H groups in total. The number of allylic oxidation sites excluding steroid dienone is 1. The number of nitrogens with zero attached hydrogens (tertiary/aromatic N) is 1. The molecule has 0 radical (unpaired) electrons. The number of oxime groups is 1. The van der Waals surface area contributed by atoms with Gasteiger partial charge in [-0.15, -0.1) is 0 Å². The van der Waals surface area contributed by atoms with Gasteiger partial charge in [0, 0.05) is 5.56 Å². The molecule has 0 saturated heterocycles. The first-order valence-electron chi connectivity index (χ1n) is 6.18. The van der Waals surface area contributed by atoms with Crippen LogP contribution >= 0.6 is 0 Å². The Morgan fingerprint density at radius 1 is 1.29 bits per heavy atom. The van der Waals surface area contributed by atoms with Crippen LogP contribution in [0, 0.1) is 0 Å². The van der Waals surface area contributed by atoms with E-state index in [0.717, 1.165) is 5.56 Å². The highest BCUT2D eigenvalue weighted by Crippen LogP contribution is 2.26. The molecule has 0 aliphatic rings. The van der Waals surface area contributed by atoms with Crippen molar-refractivity contribution in [2.75, 3.05) is 20.8 Å². The van der Waals surface area contributed by atoms with E-state index in [9.17, 15) is 9.59 Å². The molecule has 0 amide bonds. The van der Waals surface area contributed by atoms with Gasteiger partial charge < -0.3 is 14.3 Å². The van der Waals surface area contributed by atoms with Crippen molar-refractivity contribution in [2.45, 2.75) is 6.92 Å². The van der Waals surface area contributed by atoms with Crippen LogP contribution in [0.3, 0.4) is 0 Å². The molecule has 0 spiro atoms. The molecule has 0 atom stereocenters. The lowest BCUT2D eigenvalue weighted by Crippen LogP contribution is -2.14. The van der Waals surface area contributed by atoms with Crippen molar-refractivity contribution >= 4 is 24.5 Å². The summed E-state index contributed by atoms with van der Waals surface area (Å²) in [5.74, 6) is -0.287. The summed E-state index contributed by atoms with van der Waals surface area (Å²) in [6.07, 6.45) is 5.74. The number of ether oxygens (including phenoxy) is 2. The number of methoxy groups -OCH3 is 1. The molecule has 1 aromatic rings. The maximum Gasteiger partial charge on any atom is 0.343 e. The molecule has 0 unspecified atom stereocenters. The summed E-state index contributed by atoms with van der Waals surface area (Å²) in [4.78, 5) is 27.0. The van der Waals surface area contributed by atoms with Crippen molar-refractivity contribution in [3.63, 3.8) is 0 Å². The lowest BCUT2D eigenvalue weighted by molar-refractivity contribution is -0.142. The van der Waals surface area contributed by atoms with E-state index < -0.39 is 5.97 Å². The quantitative estimate of drug-likeness (QED) is 0.333. The Bertz CT molecular complexity index is 563. The fourth-order valence-electron chi connectivity index (χ4n) is 1.64. The monoisotopic (exact) mass is 291 g/mol. The van der Waals surface area contributed by atoms with Gasteiger partial charge in [0.2, 0.25) is 0 Å². The Morgan fingerprint density at radius 3 is 2.57 bits per heavy atom. The maximum absolute atomic E-state index is 11.2. The van der Waals surface area contributed by atoms with Crippen molar-refractivity contribution in [3.8, 4) is 5.75 Å². The Morgan fingerprint density at radius 2 is 2.00 bits per heavy atom. The van der Waals surface area contributed by atoms with E-state index in [0.29, 0.717) is 17.4 Å². The number of benzene rings is 1. The lowest BCUT2D eigenvalue weighted by atomic mass is 10.0. The summed E-state index contributed by atoms with van der Waals surface area (Å²) in [5, 5.41) is 3.70. The molecule has 6 nitrogen and oxygen atoms in total. The average Bonchev–Trinajstić information content (AvgIpc) is 2.51. The largest absolute Gasteiger partial charge is 0.480 e. The molecule has 1 aromatic carbocycles. The Balaban J connectivity index is 3.31. The van der Waals surface area contributed by atoms with E-state index >= 15 is 0 Å². The zero-order valence-corrected chi connectivity index (χ0v) is 12.2. The number of aldehydes is 1. The lowest BCUT2D eigenvalue weighted by Gasteiger charge is -2.12. The topological polar surface area (TPSA) is 74.2 Å². The number of esters is 1. The van der Waals surface area contributed by atoms with E-state index in [2.05, 4.69) is 14.7 Å². The van der Waals surface area contributed by atoms with Crippen LogP contribution in [0.4, 0.5) is 0 Å². The van der Waals surface area contributed by atoms with Crippen molar-refractivity contribution in [3.05, 3.63) is 34.9 Å². The van der Waals surface area contributed by atoms with Gasteiger partial charge in [-0.05, 0) is 18.6 Å². The molecule has 0 heterocycles. The van der Waals surface area contributed by atoms with Crippen LogP contribution in [0.25, 0.3) is 6.08 Å². The molecule has 6 heteroatoms. The van der Waals surface area contributed by atoms with E-state index in [-0.39, 0.29) is 12.4 Å². The predicted molar refractivity (Wildman–Crippen MR) is 78.7 cm³/mol. The van der Waals surface area contributed by atoms with Crippen LogP contribution in [-0.2, 0) is 14.4 Å². The molecule has 21 heavy (non-hydrogen) atoms. The van der Waals surface area contributed by atoms with Crippen molar-refractivity contribution in [2.24, 2.45) is 5.16 Å². The summed E-state index contributed by atoms with van der Waals surface area (Å²) in [6, 6.07) is 3.37. The summed E-state index contributed by atoms with van der Waals surface area (Å²) < 4.78 is 9.93. The van der Waals surface area contributed by atoms with Crippen LogP contribution in [0.5, 0.6) is 5.75 Å². The average molecular weight is 291 g/mol. The highest BCUT2D eigenvalue weighted by atomic mass is 16.6. The molecular formula is C15H17NO5. The van der Waals surface area contributed by atoms with Gasteiger partial charge in [0.25, 0.3) is 0 Å². The van der Waals surface area contributed by atoms with Gasteiger partial charge in [-0.2, -0.15) is 0 Å². The van der Waals surface area contributed by atoms with Crippen LogP contribution in [-0.4, -0.2) is 39.3 Å². The second kappa shape index (κ2) is 8.52. The molecule has 0 saturated carbocycles. The van der Waals surface area contributed by atoms with Gasteiger partial charge >= 0.3 is 5.97 Å². The molecule has 0 bridgehead atoms. The normalized spacial score (nSPS) is 10.8. The number of carbonyl (C=O) groups excluding carboxylic acids is 2. The predicted octanol–water partition coefficient (Wildman–Crippen LogP) is 2.06. The third kappa shape index (κ3) is 4.45. The van der Waals surface area contributed by atoms with Gasteiger partial charge in [0.1, 0.15) is 12.9 Å². The third-order valence-electron chi connectivity index (χ3n) is 2.58. The Kier molecular flexibility index (Phi) is 6.67. The van der Waals surface area contributed by atoms with Gasteiger partial charge in [0.05, 0.1) is 18.9 Å². The summed E-state index contributed by atoms with van der Waals surface area (Å²) in [5.41, 5.74) is 1.64. The van der Waals surface area contributed by atoms with Crippen LogP contribution in [0.1, 0.15) is 28.4 Å². The second-order valence-electron chi connectivity index (χ2n) is 3.89. The van der Waals surface area contributed by atoms with Gasteiger partial charge in [-0.25, -0.2) is 4.79 Å². The van der Waals surface area contributed by atoms with Crippen LogP contribution < -0.4 is 4.74 Å². The van der Waals surface area contributed by atoms with Crippen LogP contribution in [0.2, 0.25) is 0 Å². The number of hydrogen-bond acceptors (Lipinski definition) is 6. The van der Waals surface area contributed by atoms with Gasteiger partial charge in [-0.1, -0.05) is 23.4 Å². The number of carbonyl (C=O) groups is 2. The Hall–Kier alpha value is -2.63. The van der Waals surface area contributed by atoms with E-state index in [4.69, 9.17) is 4.74 Å². The molecule has 0 aliphatic heterocycles. The standard InChI is InChI=1S/C15H17NO5/c1-4-5-11-6-7-12(9-17)15(13(11)8-16-20-3)21-10-14(18)19-2/h4-9H,10H2,1-3H3/b5-4+,16-8+. The maximum atomic E-state index is 11.2. The molecule has 0 fully saturated rings. The van der Waals surface area contributed by atoms with Crippen molar-refractivity contribution < 1.29 is 23.9 Å². The van der Waals surface area contributed by atoms with Crippen LogP contribution in [0.15, 0.2) is 23.4 Å². The second-order valence-corrected chi connectivity index (χ2v) is 3.89. The summed E-state index contributed by atoms with van der Waals surface area (Å²) in [7, 11) is 2.67. The zero-order chi connectivity index (χ0) is 15.7. The first-order chi connectivity index (χ1) is 10.2. The zero-order valence-electron chi connectivity index (χ0n) is 12.2. The highest BCUT2D eigenvalue weighted by Gasteiger charge is 2.14. The number of hydrogen-bond donors (Lipinski definition) is 0. The van der Waals surface area contributed by atoms with Gasteiger partial charge in [0.15, 0.2) is 12.9 Å². The minimum absolute atomic E-state index is 0.256. The van der Waals surface area contributed by atoms with Gasteiger partial charge in [-0.3, -0.25) is 4.79 Å². The first-order valence-corrected chi connectivity index (χ1v) is 6.18. The molecular weight excluding hydrogens is 274 g/mol. The fourth-order valence-corrected chi connectivity index (χ4v) is 1.64. The molecule has 0 aromatic heterocycles. The smallest absolute Gasteiger partial charge is 0.343 e. The fraction of sp³-hybridized carbons (Fsp3) is 0.267. The van der Waals surface area contributed by atoms with Crippen molar-refractivity contribution in [1.82, 2.24) is 0 Å². The third-order valence-corrected chi connectivity index (χ3v) is 2.58. The number of rotatable bonds is 7. The molecule has 0 aliphatic carbocycles. The molecule has 112 valence electrons. The minimum Gasteiger partial charge on any atom is -0.480 e. The Labute approximate surface area is 123 Å². The van der Waals surface area contributed by atoms with E-state index in [1.54, 1.807) is 12.1 Å². The molecule has 1 rings (SSSR count). The minimum atomic E-state index is -0.544. The summed E-state index contributed by atoms with van der Waals surface area (Å²) >= 11 is 0. The van der Waals surface area contributed by atoms with Crippen molar-refractivity contribution in [1.29, 1.82) is 0 Å². The first kappa shape index (κ1) is 16.4. The summed E-state index contributed by atoms with van der Waals surface area (Å²) in [6.45, 7) is 1.56. The van der Waals surface area contributed by atoms with E-state index in [1.807, 2.05) is 19.1 Å².